The van der Waals surface area contributed by atoms with E-state index in [-0.39, 0.29) is 42.8 Å². The Balaban J connectivity index is 1.09. The lowest BCUT2D eigenvalue weighted by Gasteiger charge is -2.31. The van der Waals surface area contributed by atoms with Gasteiger partial charge in [0.2, 0.25) is 5.88 Å². The van der Waals surface area contributed by atoms with Crippen LogP contribution in [0.1, 0.15) is 54.5 Å². The number of benzene rings is 2. The Morgan fingerprint density at radius 3 is 2.73 bits per heavy atom. The van der Waals surface area contributed by atoms with Crippen LogP contribution in [0.15, 0.2) is 48.5 Å². The number of aliphatic hydroxyl groups excluding tert-OH is 2. The Bertz CT molecular complexity index is 1440. The molecule has 6 atom stereocenters. The number of esters is 1. The molecule has 3 aromatic rings. The molecule has 2 saturated carbocycles. The molecule has 0 bridgehead atoms. The van der Waals surface area contributed by atoms with E-state index in [0.29, 0.717) is 36.1 Å². The minimum absolute atomic E-state index is 0.0246. The van der Waals surface area contributed by atoms with Crippen LogP contribution in [0.5, 0.6) is 11.6 Å². The van der Waals surface area contributed by atoms with Gasteiger partial charge in [0.05, 0.1) is 31.3 Å². The molecule has 0 aliphatic heterocycles. The Morgan fingerprint density at radius 2 is 1.93 bits per heavy atom. The van der Waals surface area contributed by atoms with Gasteiger partial charge in [0.1, 0.15) is 18.2 Å². The van der Waals surface area contributed by atoms with Gasteiger partial charge in [0, 0.05) is 34.7 Å². The van der Waals surface area contributed by atoms with Crippen LogP contribution >= 0.6 is 0 Å². The second-order valence-corrected chi connectivity index (χ2v) is 11.5. The van der Waals surface area contributed by atoms with Gasteiger partial charge in [-0.1, -0.05) is 18.6 Å². The number of hydrogen-bond acceptors (Lipinski definition) is 7. The minimum atomic E-state index is -0.782. The number of hydrogen-bond donors (Lipinski definition) is 2. The highest BCUT2D eigenvalue weighted by Gasteiger charge is 2.60. The van der Waals surface area contributed by atoms with Gasteiger partial charge >= 0.3 is 5.97 Å². The van der Waals surface area contributed by atoms with E-state index in [1.165, 1.54) is 17.2 Å². The van der Waals surface area contributed by atoms with E-state index in [4.69, 9.17) is 14.2 Å². The highest BCUT2D eigenvalue weighted by Crippen LogP contribution is 2.62. The van der Waals surface area contributed by atoms with Crippen LogP contribution in [0, 0.1) is 30.5 Å². The second-order valence-electron chi connectivity index (χ2n) is 11.5. The number of halogens is 1. The zero-order chi connectivity index (χ0) is 28.7. The number of carbonyl (C=O) groups is 1. The molecule has 0 unspecified atom stereocenters. The van der Waals surface area contributed by atoms with Gasteiger partial charge in [-0.2, -0.15) is 0 Å². The van der Waals surface area contributed by atoms with E-state index in [2.05, 4.69) is 4.98 Å². The molecule has 0 radical (unpaired) electrons. The summed E-state index contributed by atoms with van der Waals surface area (Å²) in [4.78, 5) is 16.7. The number of carbonyl (C=O) groups excluding carboxylic acids is 1. The van der Waals surface area contributed by atoms with E-state index in [1.807, 2.05) is 38.1 Å². The summed E-state index contributed by atoms with van der Waals surface area (Å²) in [5.74, 6) is 1.09. The molecule has 3 aliphatic rings. The lowest BCUT2D eigenvalue weighted by atomic mass is 9.85. The van der Waals surface area contributed by atoms with Crippen molar-refractivity contribution in [3.63, 3.8) is 0 Å². The number of aromatic nitrogens is 1. The first-order valence-corrected chi connectivity index (χ1v) is 14.5. The van der Waals surface area contributed by atoms with E-state index < -0.39 is 12.2 Å². The molecule has 7 nitrogen and oxygen atoms in total. The summed E-state index contributed by atoms with van der Waals surface area (Å²) < 4.78 is 31.8. The number of aryl methyl sites for hydroxylation is 1. The van der Waals surface area contributed by atoms with Crippen molar-refractivity contribution in [2.45, 2.75) is 64.3 Å². The Hall–Kier alpha value is -3.49. The maximum atomic E-state index is 14.7. The van der Waals surface area contributed by atoms with E-state index in [9.17, 15) is 19.4 Å². The average molecular weight is 562 g/mol. The van der Waals surface area contributed by atoms with Gasteiger partial charge in [-0.15, -0.1) is 0 Å². The summed E-state index contributed by atoms with van der Waals surface area (Å²) in [5.41, 5.74) is 5.24. The summed E-state index contributed by atoms with van der Waals surface area (Å²) in [6.07, 6.45) is 1.62. The van der Waals surface area contributed by atoms with Crippen LogP contribution < -0.4 is 9.47 Å². The lowest BCUT2D eigenvalue weighted by molar-refractivity contribution is -0.145. The predicted molar refractivity (Wildman–Crippen MR) is 150 cm³/mol. The topological polar surface area (TPSA) is 98.1 Å². The molecular weight excluding hydrogens is 525 g/mol. The summed E-state index contributed by atoms with van der Waals surface area (Å²) in [5, 5.41) is 20.1. The number of rotatable bonds is 9. The number of ether oxygens (including phenoxy) is 3. The van der Waals surface area contributed by atoms with Crippen molar-refractivity contribution in [3.05, 3.63) is 76.7 Å². The van der Waals surface area contributed by atoms with Crippen molar-refractivity contribution in [2.24, 2.45) is 17.8 Å². The summed E-state index contributed by atoms with van der Waals surface area (Å²) in [6.45, 7) is 4.48. The van der Waals surface area contributed by atoms with Crippen molar-refractivity contribution in [3.8, 4) is 22.8 Å². The molecule has 0 amide bonds. The zero-order valence-corrected chi connectivity index (χ0v) is 23.4. The number of aliphatic hydroxyl groups is 2. The molecule has 41 heavy (non-hydrogen) atoms. The van der Waals surface area contributed by atoms with Crippen molar-refractivity contribution in [1.29, 1.82) is 0 Å². The maximum absolute atomic E-state index is 14.7. The molecular formula is C33H36FNO6. The third-order valence-corrected chi connectivity index (χ3v) is 8.87. The van der Waals surface area contributed by atoms with Crippen molar-refractivity contribution < 1.29 is 33.6 Å². The SMILES string of the molecule is CCOC(=O)[C@H]1[C@@H]2Cc3cc(OCc4cc(-c5ccc(OC[C@H]6CCC[C@H](O)[C@@H]6O)nc5C)ccc4F)ccc3[C@@H]21. The monoisotopic (exact) mass is 561 g/mol. The lowest BCUT2D eigenvalue weighted by Crippen LogP contribution is -2.40. The van der Waals surface area contributed by atoms with E-state index in [0.717, 1.165) is 36.1 Å². The summed E-state index contributed by atoms with van der Waals surface area (Å²) >= 11 is 0. The maximum Gasteiger partial charge on any atom is 0.309 e. The molecule has 2 aromatic carbocycles. The average Bonchev–Trinajstić information content (AvgIpc) is 3.55. The Kier molecular flexibility index (Phi) is 7.70. The molecule has 8 heteroatoms. The molecule has 1 aromatic heterocycles. The Labute approximate surface area is 239 Å². The molecule has 0 saturated heterocycles. The predicted octanol–water partition coefficient (Wildman–Crippen LogP) is 5.12. The highest BCUT2D eigenvalue weighted by molar-refractivity contribution is 5.79. The van der Waals surface area contributed by atoms with Gasteiger partial charge in [0.15, 0.2) is 0 Å². The first kappa shape index (κ1) is 27.7. The molecule has 2 fully saturated rings. The molecule has 3 aliphatic carbocycles. The fourth-order valence-corrected chi connectivity index (χ4v) is 6.60. The fraction of sp³-hybridized carbons (Fsp3) is 0.455. The smallest absolute Gasteiger partial charge is 0.309 e. The summed E-state index contributed by atoms with van der Waals surface area (Å²) in [7, 11) is 0. The van der Waals surface area contributed by atoms with Gasteiger partial charge < -0.3 is 24.4 Å². The highest BCUT2D eigenvalue weighted by atomic mass is 19.1. The third kappa shape index (κ3) is 5.55. The fourth-order valence-electron chi connectivity index (χ4n) is 6.60. The quantitative estimate of drug-likeness (QED) is 0.350. The van der Waals surface area contributed by atoms with Crippen LogP contribution in [0.4, 0.5) is 4.39 Å². The van der Waals surface area contributed by atoms with Gasteiger partial charge in [-0.3, -0.25) is 4.79 Å². The largest absolute Gasteiger partial charge is 0.489 e. The van der Waals surface area contributed by atoms with Gasteiger partial charge in [-0.25, -0.2) is 9.37 Å². The van der Waals surface area contributed by atoms with Gasteiger partial charge in [-0.05, 0) is 86.1 Å². The van der Waals surface area contributed by atoms with E-state index >= 15 is 0 Å². The first-order chi connectivity index (χ1) is 19.8. The Morgan fingerprint density at radius 1 is 1.07 bits per heavy atom. The molecule has 6 rings (SSSR count). The van der Waals surface area contributed by atoms with Crippen LogP contribution in [0.3, 0.4) is 0 Å². The molecule has 0 spiro atoms. The minimum Gasteiger partial charge on any atom is -0.489 e. The van der Waals surface area contributed by atoms with E-state index in [1.54, 1.807) is 18.2 Å². The first-order valence-electron chi connectivity index (χ1n) is 14.5. The molecule has 2 N–H and O–H groups in total. The zero-order valence-electron chi connectivity index (χ0n) is 23.4. The van der Waals surface area contributed by atoms with Crippen molar-refractivity contribution >= 4 is 5.97 Å². The number of pyridine rings is 1. The third-order valence-electron chi connectivity index (χ3n) is 8.87. The second kappa shape index (κ2) is 11.4. The van der Waals surface area contributed by atoms with Crippen LogP contribution in [0.2, 0.25) is 0 Å². The number of nitrogens with zero attached hydrogens (tertiary/aromatic N) is 1. The van der Waals surface area contributed by atoms with Crippen LogP contribution in [-0.2, 0) is 22.6 Å². The standard InChI is InChI=1S/C33H36FNO6/c1-3-39-33(38)31-26-15-21-14-23(8-9-25(21)30(26)31)40-17-22-13-19(7-11-27(22)34)24-10-12-29(35-18(24)2)41-16-20-5-4-6-28(36)32(20)37/h7-14,20,26,28,30-32,36-37H,3-6,15-17H2,1-2H3/t20-,26-,28+,30+,31+,32-/m1/s1. The molecule has 1 heterocycles. The number of fused-ring (bicyclic) bond motifs is 3. The van der Waals surface area contributed by atoms with Crippen LogP contribution in [-0.4, -0.2) is 46.6 Å². The summed E-state index contributed by atoms with van der Waals surface area (Å²) in [6, 6.07) is 14.5. The van der Waals surface area contributed by atoms with Crippen molar-refractivity contribution in [1.82, 2.24) is 4.98 Å². The molecule has 216 valence electrons. The van der Waals surface area contributed by atoms with Crippen LogP contribution in [0.25, 0.3) is 11.1 Å². The van der Waals surface area contributed by atoms with Gasteiger partial charge in [0.25, 0.3) is 0 Å². The normalized spacial score (nSPS) is 26.2. The van der Waals surface area contributed by atoms with Crippen molar-refractivity contribution in [2.75, 3.05) is 13.2 Å².